The largest absolute Gasteiger partial charge is 0.345 e. The van der Waals surface area contributed by atoms with Crippen LogP contribution in [0.15, 0.2) is 18.2 Å². The van der Waals surface area contributed by atoms with Crippen LogP contribution in [0.3, 0.4) is 0 Å². The summed E-state index contributed by atoms with van der Waals surface area (Å²) in [6, 6.07) is 5.39. The van der Waals surface area contributed by atoms with E-state index in [1.165, 1.54) is 17.7 Å². The predicted octanol–water partition coefficient (Wildman–Crippen LogP) is 4.15. The van der Waals surface area contributed by atoms with Gasteiger partial charge in [0.05, 0.1) is 16.6 Å². The molecule has 3 rings (SSSR count). The van der Waals surface area contributed by atoms with Crippen molar-refractivity contribution in [3.05, 3.63) is 34.3 Å². The van der Waals surface area contributed by atoms with E-state index in [4.69, 9.17) is 23.2 Å². The molecule has 1 N–H and O–H groups in total. The van der Waals surface area contributed by atoms with E-state index in [1.807, 2.05) is 12.1 Å². The van der Waals surface area contributed by atoms with Crippen molar-refractivity contribution in [2.75, 3.05) is 33.7 Å². The molecular formula is C20H27Cl2N3O2. The molecule has 27 heavy (non-hydrogen) atoms. The molecule has 2 aliphatic heterocycles. The topological polar surface area (TPSA) is 52.7 Å². The number of nitrogens with zero attached hydrogens (tertiary/aromatic N) is 2. The first-order valence-electron chi connectivity index (χ1n) is 9.56. The molecule has 2 aliphatic rings. The Kier molecular flexibility index (Phi) is 6.66. The van der Waals surface area contributed by atoms with Gasteiger partial charge in [-0.25, -0.2) is 0 Å². The monoisotopic (exact) mass is 411 g/mol. The molecule has 5 nitrogen and oxygen atoms in total. The van der Waals surface area contributed by atoms with Crippen molar-refractivity contribution in [3.8, 4) is 0 Å². The van der Waals surface area contributed by atoms with E-state index < -0.39 is 5.37 Å². The quantitative estimate of drug-likeness (QED) is 0.600. The van der Waals surface area contributed by atoms with Gasteiger partial charge in [0.1, 0.15) is 0 Å². The summed E-state index contributed by atoms with van der Waals surface area (Å²) in [7, 11) is 3.40. The molecule has 0 saturated carbocycles. The number of piperidine rings is 2. The van der Waals surface area contributed by atoms with Crippen molar-refractivity contribution >= 4 is 34.5 Å². The van der Waals surface area contributed by atoms with Crippen LogP contribution in [0, 0.1) is 11.8 Å². The number of carbonyl (C=O) groups is 2. The number of hydrogen-bond donors (Lipinski definition) is 1. The normalized spacial score (nSPS) is 23.9. The van der Waals surface area contributed by atoms with Gasteiger partial charge >= 0.3 is 5.37 Å². The minimum absolute atomic E-state index is 0.0929. The summed E-state index contributed by atoms with van der Waals surface area (Å²) < 4.78 is 0. The van der Waals surface area contributed by atoms with E-state index in [2.05, 4.69) is 5.32 Å². The Balaban J connectivity index is 1.84. The number of nitrogens with one attached hydrogen (secondary N) is 1. The third kappa shape index (κ3) is 4.58. The van der Waals surface area contributed by atoms with Gasteiger partial charge in [0, 0.05) is 20.6 Å². The number of rotatable bonds is 3. The second-order valence-corrected chi connectivity index (χ2v) is 8.50. The molecular weight excluding hydrogens is 385 g/mol. The Morgan fingerprint density at radius 2 is 1.85 bits per heavy atom. The number of halogens is 2. The molecule has 2 heterocycles. The molecule has 0 bridgehead atoms. The maximum Gasteiger partial charge on any atom is 0.316 e. The van der Waals surface area contributed by atoms with Crippen molar-refractivity contribution in [2.45, 2.75) is 31.7 Å². The Morgan fingerprint density at radius 1 is 1.15 bits per heavy atom. The molecule has 148 valence electrons. The van der Waals surface area contributed by atoms with Crippen LogP contribution < -0.4 is 5.32 Å². The highest BCUT2D eigenvalue weighted by Gasteiger charge is 2.36. The van der Waals surface area contributed by atoms with E-state index in [1.54, 1.807) is 25.1 Å². The number of likely N-dealkylation sites (tertiary alicyclic amines) is 1. The zero-order chi connectivity index (χ0) is 19.6. The number of benzene rings is 1. The van der Waals surface area contributed by atoms with Gasteiger partial charge in [-0.1, -0.05) is 17.7 Å². The van der Waals surface area contributed by atoms with Gasteiger partial charge in [-0.3, -0.25) is 9.59 Å². The Morgan fingerprint density at radius 3 is 2.44 bits per heavy atom. The lowest BCUT2D eigenvalue weighted by molar-refractivity contribution is 0.0827. The SMILES string of the molecule is CN(C)C(=O)c1ccc([C@H]2CC(C3CCNCC3)CCN2C(=O)Cl)cc1Cl. The highest BCUT2D eigenvalue weighted by molar-refractivity contribution is 6.62. The summed E-state index contributed by atoms with van der Waals surface area (Å²) in [5.41, 5.74) is 1.42. The second kappa shape index (κ2) is 8.80. The van der Waals surface area contributed by atoms with Crippen LogP contribution in [0.1, 0.15) is 47.6 Å². The van der Waals surface area contributed by atoms with E-state index >= 15 is 0 Å². The minimum Gasteiger partial charge on any atom is -0.345 e. The second-order valence-electron chi connectivity index (χ2n) is 7.77. The molecule has 2 fully saturated rings. The number of carbonyl (C=O) groups excluding carboxylic acids is 2. The summed E-state index contributed by atoms with van der Waals surface area (Å²) >= 11 is 12.3. The minimum atomic E-state index is -0.423. The first-order valence-corrected chi connectivity index (χ1v) is 10.3. The average molecular weight is 412 g/mol. The van der Waals surface area contributed by atoms with Crippen molar-refractivity contribution in [3.63, 3.8) is 0 Å². The number of hydrogen-bond acceptors (Lipinski definition) is 3. The van der Waals surface area contributed by atoms with Gasteiger partial charge in [-0.05, 0) is 79.9 Å². The molecule has 0 aliphatic carbocycles. The van der Waals surface area contributed by atoms with Crippen molar-refractivity contribution in [1.29, 1.82) is 0 Å². The van der Waals surface area contributed by atoms with Gasteiger partial charge in [0.15, 0.2) is 0 Å². The van der Waals surface area contributed by atoms with E-state index in [9.17, 15) is 9.59 Å². The third-order valence-electron chi connectivity index (χ3n) is 5.93. The molecule has 2 amide bonds. The van der Waals surface area contributed by atoms with Crippen LogP contribution in [0.4, 0.5) is 4.79 Å². The standard InChI is InChI=1S/C20H27Cl2N3O2/c1-24(2)19(26)16-4-3-15(11-17(16)21)18-12-14(7-10-25(18)20(22)27)13-5-8-23-9-6-13/h3-4,11,13-14,18,23H,5-10,12H2,1-2H3/t14?,18-/m1/s1. The van der Waals surface area contributed by atoms with E-state index in [-0.39, 0.29) is 11.9 Å². The first-order chi connectivity index (χ1) is 12.9. The van der Waals surface area contributed by atoms with E-state index in [0.29, 0.717) is 29.0 Å². The first kappa shape index (κ1) is 20.4. The molecule has 7 heteroatoms. The molecule has 2 saturated heterocycles. The van der Waals surface area contributed by atoms with Gasteiger partial charge in [-0.15, -0.1) is 0 Å². The summed E-state index contributed by atoms with van der Waals surface area (Å²) in [5.74, 6) is 1.13. The third-order valence-corrected chi connectivity index (χ3v) is 6.46. The lowest BCUT2D eigenvalue weighted by Gasteiger charge is -2.42. The fraction of sp³-hybridized carbons (Fsp3) is 0.600. The maximum atomic E-state index is 12.2. The highest BCUT2D eigenvalue weighted by atomic mass is 35.5. The Labute approximate surface area is 171 Å². The van der Waals surface area contributed by atoms with Gasteiger partial charge < -0.3 is 15.1 Å². The van der Waals surface area contributed by atoms with Gasteiger partial charge in [0.25, 0.3) is 5.91 Å². The van der Waals surface area contributed by atoms with Crippen molar-refractivity contribution < 1.29 is 9.59 Å². The van der Waals surface area contributed by atoms with Crippen LogP contribution in [0.5, 0.6) is 0 Å². The zero-order valence-electron chi connectivity index (χ0n) is 15.9. The van der Waals surface area contributed by atoms with Gasteiger partial charge in [0.2, 0.25) is 0 Å². The van der Waals surface area contributed by atoms with Crippen LogP contribution in [0.25, 0.3) is 0 Å². The highest BCUT2D eigenvalue weighted by Crippen LogP contribution is 2.41. The van der Waals surface area contributed by atoms with Gasteiger partial charge in [-0.2, -0.15) is 0 Å². The lowest BCUT2D eigenvalue weighted by atomic mass is 9.76. The van der Waals surface area contributed by atoms with Crippen LogP contribution in [-0.2, 0) is 0 Å². The van der Waals surface area contributed by atoms with Crippen LogP contribution in [0.2, 0.25) is 5.02 Å². The number of amides is 2. The summed E-state index contributed by atoms with van der Waals surface area (Å²) in [6.07, 6.45) is 4.25. The molecule has 1 aromatic carbocycles. The molecule has 1 aromatic rings. The molecule has 0 spiro atoms. The van der Waals surface area contributed by atoms with Crippen molar-refractivity contribution in [1.82, 2.24) is 15.1 Å². The summed E-state index contributed by atoms with van der Waals surface area (Å²) in [4.78, 5) is 27.5. The maximum absolute atomic E-state index is 12.2. The fourth-order valence-corrected chi connectivity index (χ4v) is 4.89. The molecule has 0 radical (unpaired) electrons. The molecule has 0 aromatic heterocycles. The molecule has 2 atom stereocenters. The molecule has 1 unspecified atom stereocenters. The Bertz CT molecular complexity index is 704. The average Bonchev–Trinajstić information content (AvgIpc) is 2.67. The van der Waals surface area contributed by atoms with Crippen LogP contribution >= 0.6 is 23.2 Å². The van der Waals surface area contributed by atoms with Crippen molar-refractivity contribution in [2.24, 2.45) is 11.8 Å². The smallest absolute Gasteiger partial charge is 0.316 e. The fourth-order valence-electron chi connectivity index (χ4n) is 4.42. The van der Waals surface area contributed by atoms with E-state index in [0.717, 1.165) is 31.5 Å². The summed E-state index contributed by atoms with van der Waals surface area (Å²) in [6.45, 7) is 2.80. The zero-order valence-corrected chi connectivity index (χ0v) is 17.4. The predicted molar refractivity (Wildman–Crippen MR) is 108 cm³/mol. The summed E-state index contributed by atoms with van der Waals surface area (Å²) in [5, 5.41) is 3.41. The Hall–Kier alpha value is -1.30. The van der Waals surface area contributed by atoms with Crippen LogP contribution in [-0.4, -0.2) is 54.8 Å². The lowest BCUT2D eigenvalue weighted by Crippen LogP contribution is -2.42.